The molecule has 44 heavy (non-hydrogen) atoms. The largest absolute Gasteiger partial charge is 0.490 e. The summed E-state index contributed by atoms with van der Waals surface area (Å²) in [6.07, 6.45) is 1.43. The molecule has 8 rings (SSSR count). The van der Waals surface area contributed by atoms with E-state index in [1.54, 1.807) is 11.3 Å². The zero-order chi connectivity index (χ0) is 31.4. The lowest BCUT2D eigenvalue weighted by atomic mass is 10.1. The highest BCUT2D eigenvalue weighted by Crippen LogP contribution is 2.29. The molecule has 0 amide bonds. The van der Waals surface area contributed by atoms with E-state index in [9.17, 15) is 0 Å². The lowest BCUT2D eigenvalue weighted by Crippen LogP contribution is -2.05. The molecule has 1 unspecified atom stereocenters. The second-order valence-electron chi connectivity index (χ2n) is 11.7. The van der Waals surface area contributed by atoms with Crippen molar-refractivity contribution in [3.63, 3.8) is 0 Å². The number of furan rings is 1. The van der Waals surface area contributed by atoms with E-state index in [1.807, 2.05) is 32.9 Å². The number of ether oxygens (including phenoxy) is 1. The van der Waals surface area contributed by atoms with Crippen LogP contribution in [0.1, 0.15) is 51.3 Å². The Morgan fingerprint density at radius 1 is 0.705 bits per heavy atom. The van der Waals surface area contributed by atoms with E-state index in [0.29, 0.717) is 6.10 Å². The van der Waals surface area contributed by atoms with Crippen molar-refractivity contribution in [2.24, 2.45) is 0 Å². The summed E-state index contributed by atoms with van der Waals surface area (Å²) in [6, 6.07) is 27.2. The van der Waals surface area contributed by atoms with Crippen LogP contribution >= 0.6 is 11.3 Å². The SMILES string of the molecule is Cc1ccc2c(c1)CC(C)O2.Cc1ccc2nc(C)[nH]c2c1.Cc1ccc2oc(C)cc2c1.Cc1ccc2sc(C)nc2c1. The van der Waals surface area contributed by atoms with E-state index in [-0.39, 0.29) is 0 Å². The molecule has 0 radical (unpaired) electrons. The lowest BCUT2D eigenvalue weighted by Gasteiger charge is -2.01. The second-order valence-corrected chi connectivity index (χ2v) is 12.9. The van der Waals surface area contributed by atoms with Gasteiger partial charge < -0.3 is 14.1 Å². The Labute approximate surface area is 264 Å². The maximum atomic E-state index is 5.56. The first kappa shape index (κ1) is 31.0. The smallest absolute Gasteiger partial charge is 0.134 e. The fraction of sp³-hybridized carbons (Fsp3) is 0.263. The zero-order valence-electron chi connectivity index (χ0n) is 26.9. The predicted molar refractivity (Wildman–Crippen MR) is 185 cm³/mol. The monoisotopic (exact) mass is 603 g/mol. The summed E-state index contributed by atoms with van der Waals surface area (Å²) in [5, 5.41) is 2.34. The quantitative estimate of drug-likeness (QED) is 0.187. The molecule has 0 bridgehead atoms. The molecule has 0 fully saturated rings. The number of benzene rings is 4. The number of nitrogens with zero attached hydrogens (tertiary/aromatic N) is 2. The minimum Gasteiger partial charge on any atom is -0.490 e. The Morgan fingerprint density at radius 2 is 1.39 bits per heavy atom. The number of aromatic nitrogens is 3. The first-order valence-electron chi connectivity index (χ1n) is 15.0. The van der Waals surface area contributed by atoms with Gasteiger partial charge in [0.05, 0.1) is 26.3 Å². The van der Waals surface area contributed by atoms with Gasteiger partial charge in [-0.25, -0.2) is 9.97 Å². The minimum absolute atomic E-state index is 0.367. The van der Waals surface area contributed by atoms with Gasteiger partial charge in [-0.1, -0.05) is 41.5 Å². The lowest BCUT2D eigenvalue weighted by molar-refractivity contribution is 0.254. The molecule has 4 heterocycles. The van der Waals surface area contributed by atoms with E-state index in [1.165, 1.54) is 37.9 Å². The average molecular weight is 604 g/mol. The topological polar surface area (TPSA) is 63.9 Å². The van der Waals surface area contributed by atoms with Crippen LogP contribution in [0.4, 0.5) is 0 Å². The average Bonchev–Trinajstić information content (AvgIpc) is 3.71. The Hall–Kier alpha value is -4.42. The van der Waals surface area contributed by atoms with Crippen LogP contribution in [0.2, 0.25) is 0 Å². The number of rotatable bonds is 0. The number of H-pyrrole nitrogens is 1. The Kier molecular flexibility index (Phi) is 9.50. The van der Waals surface area contributed by atoms with Crippen LogP contribution in [0.15, 0.2) is 83.3 Å². The van der Waals surface area contributed by atoms with Gasteiger partial charge in [-0.05, 0) is 121 Å². The Balaban J connectivity index is 0.000000116. The normalized spacial score (nSPS) is 13.3. The van der Waals surface area contributed by atoms with Crippen LogP contribution in [0.5, 0.6) is 5.75 Å². The van der Waals surface area contributed by atoms with Crippen LogP contribution in [0, 0.1) is 48.5 Å². The molecule has 226 valence electrons. The van der Waals surface area contributed by atoms with Gasteiger partial charge in [0.2, 0.25) is 0 Å². The summed E-state index contributed by atoms with van der Waals surface area (Å²) in [4.78, 5) is 11.9. The fourth-order valence-electron chi connectivity index (χ4n) is 5.25. The number of nitrogens with one attached hydrogen (secondary N) is 1. The molecule has 0 saturated heterocycles. The summed E-state index contributed by atoms with van der Waals surface area (Å²) in [5.74, 6) is 3.03. The number of aryl methyl sites for hydroxylation is 7. The van der Waals surface area contributed by atoms with Crippen molar-refractivity contribution < 1.29 is 9.15 Å². The van der Waals surface area contributed by atoms with Crippen LogP contribution in [0.3, 0.4) is 0 Å². The predicted octanol–water partition coefficient (Wildman–Crippen LogP) is 10.5. The second kappa shape index (κ2) is 13.5. The standard InChI is InChI=1S/C10H12O.C10H10O.C9H10N2.C9H9NS/c2*1-7-3-4-10-9(5-7)6-8(2)11-10;1-6-3-4-8-9(5-6)11-7(2)10-8;1-6-3-4-9-8(5-6)10-7(2)11-9/h3-5,8H,6H2,1-2H3;3-6H,1-2H3;3-5H,1-2H3,(H,10,11);3-5H,1-2H3. The molecular weight excluding hydrogens is 563 g/mol. The van der Waals surface area contributed by atoms with Crippen molar-refractivity contribution in [2.75, 3.05) is 0 Å². The molecule has 0 aliphatic carbocycles. The molecule has 3 aromatic heterocycles. The summed E-state index contributed by atoms with van der Waals surface area (Å²) in [7, 11) is 0. The van der Waals surface area contributed by atoms with E-state index < -0.39 is 0 Å². The Bertz CT molecular complexity index is 1850. The Morgan fingerprint density at radius 3 is 2.20 bits per heavy atom. The van der Waals surface area contributed by atoms with E-state index in [2.05, 4.69) is 116 Å². The van der Waals surface area contributed by atoms with Crippen molar-refractivity contribution in [1.29, 1.82) is 0 Å². The molecule has 1 N–H and O–H groups in total. The molecular formula is C38H41N3O2S. The molecule has 1 aliphatic rings. The molecule has 1 aliphatic heterocycles. The van der Waals surface area contributed by atoms with Crippen LogP contribution in [-0.2, 0) is 6.42 Å². The van der Waals surface area contributed by atoms with Crippen molar-refractivity contribution in [2.45, 2.75) is 67.9 Å². The van der Waals surface area contributed by atoms with Gasteiger partial charge in [-0.15, -0.1) is 11.3 Å². The van der Waals surface area contributed by atoms with Crippen molar-refractivity contribution in [1.82, 2.24) is 15.0 Å². The van der Waals surface area contributed by atoms with Crippen molar-refractivity contribution in [3.8, 4) is 5.75 Å². The van der Waals surface area contributed by atoms with E-state index >= 15 is 0 Å². The first-order valence-corrected chi connectivity index (χ1v) is 15.8. The van der Waals surface area contributed by atoms with Gasteiger partial charge in [0.1, 0.15) is 29.0 Å². The molecule has 6 heteroatoms. The number of fused-ring (bicyclic) bond motifs is 4. The first-order chi connectivity index (χ1) is 21.0. The number of hydrogen-bond donors (Lipinski definition) is 1. The number of aromatic amines is 1. The highest BCUT2D eigenvalue weighted by Gasteiger charge is 2.17. The van der Waals surface area contributed by atoms with Crippen molar-refractivity contribution >= 4 is 43.6 Å². The summed E-state index contributed by atoms with van der Waals surface area (Å²) in [6.45, 7) is 16.5. The molecule has 5 nitrogen and oxygen atoms in total. The molecule has 0 saturated carbocycles. The van der Waals surface area contributed by atoms with Gasteiger partial charge >= 0.3 is 0 Å². The third kappa shape index (κ3) is 7.94. The van der Waals surface area contributed by atoms with Crippen LogP contribution in [0.25, 0.3) is 32.2 Å². The van der Waals surface area contributed by atoms with E-state index in [0.717, 1.165) is 50.9 Å². The van der Waals surface area contributed by atoms with Gasteiger partial charge in [-0.2, -0.15) is 0 Å². The molecule has 7 aromatic rings. The number of thiazole rings is 1. The summed E-state index contributed by atoms with van der Waals surface area (Å²) < 4.78 is 12.3. The third-order valence-electron chi connectivity index (χ3n) is 7.25. The maximum Gasteiger partial charge on any atom is 0.134 e. The van der Waals surface area contributed by atoms with Gasteiger partial charge in [0.25, 0.3) is 0 Å². The zero-order valence-corrected chi connectivity index (χ0v) is 27.7. The fourth-order valence-corrected chi connectivity index (χ4v) is 6.06. The molecule has 0 spiro atoms. The van der Waals surface area contributed by atoms with Gasteiger partial charge in [0, 0.05) is 11.8 Å². The number of hydrogen-bond acceptors (Lipinski definition) is 5. The molecule has 1 atom stereocenters. The van der Waals surface area contributed by atoms with Crippen LogP contribution < -0.4 is 4.74 Å². The molecule has 4 aromatic carbocycles. The number of imidazole rings is 1. The minimum atomic E-state index is 0.367. The highest BCUT2D eigenvalue weighted by molar-refractivity contribution is 7.18. The third-order valence-corrected chi connectivity index (χ3v) is 8.20. The van der Waals surface area contributed by atoms with Gasteiger partial charge in [0.15, 0.2) is 0 Å². The summed E-state index contributed by atoms with van der Waals surface area (Å²) in [5.41, 5.74) is 10.8. The van der Waals surface area contributed by atoms with Gasteiger partial charge in [-0.3, -0.25) is 0 Å². The van der Waals surface area contributed by atoms with Crippen molar-refractivity contribution in [3.05, 3.63) is 123 Å². The summed E-state index contributed by atoms with van der Waals surface area (Å²) >= 11 is 1.75. The van der Waals surface area contributed by atoms with E-state index in [4.69, 9.17) is 9.15 Å². The highest BCUT2D eigenvalue weighted by atomic mass is 32.1. The van der Waals surface area contributed by atoms with Crippen LogP contribution in [-0.4, -0.2) is 21.1 Å². The maximum absolute atomic E-state index is 5.56.